The minimum absolute atomic E-state index is 0.619. The van der Waals surface area contributed by atoms with Gasteiger partial charge in [0.25, 0.3) is 0 Å². The fourth-order valence-electron chi connectivity index (χ4n) is 1.15. The third-order valence-corrected chi connectivity index (χ3v) is 3.82. The maximum absolute atomic E-state index is 8.86. The lowest BCUT2D eigenvalue weighted by Gasteiger charge is -2.16. The van der Waals surface area contributed by atoms with Crippen LogP contribution >= 0.6 is 0 Å². The van der Waals surface area contributed by atoms with Gasteiger partial charge < -0.3 is 4.74 Å². The Labute approximate surface area is 92.5 Å². The van der Waals surface area contributed by atoms with E-state index in [4.69, 9.17) is 10.00 Å². The Morgan fingerprint density at radius 1 is 1.27 bits per heavy atom. The first-order valence-corrected chi connectivity index (χ1v) is 8.85. The van der Waals surface area contributed by atoms with Gasteiger partial charge in [-0.3, -0.25) is 0 Å². The van der Waals surface area contributed by atoms with Crippen LogP contribution in [0.3, 0.4) is 0 Å². The Kier molecular flexibility index (Phi) is 3.93. The molecule has 0 aliphatic carbocycles. The van der Waals surface area contributed by atoms with E-state index in [1.165, 1.54) is 0 Å². The van der Waals surface area contributed by atoms with Gasteiger partial charge in [-0.2, -0.15) is 5.26 Å². The molecule has 0 heterocycles. The predicted octanol–water partition coefficient (Wildman–Crippen LogP) is 3.28. The first-order chi connectivity index (χ1) is 7.03. The van der Waals surface area contributed by atoms with Gasteiger partial charge in [0.1, 0.15) is 11.8 Å². The van der Waals surface area contributed by atoms with Gasteiger partial charge in [0, 0.05) is 8.07 Å². The highest BCUT2D eigenvalue weighted by Crippen LogP contribution is 2.18. The van der Waals surface area contributed by atoms with Gasteiger partial charge in [0.15, 0.2) is 0 Å². The van der Waals surface area contributed by atoms with Crippen LogP contribution in [0.5, 0.6) is 5.75 Å². The second-order valence-corrected chi connectivity index (χ2v) is 10.4. The van der Waals surface area contributed by atoms with Crippen molar-refractivity contribution in [3.05, 3.63) is 29.8 Å². The molecule has 0 N–H and O–H groups in total. The van der Waals surface area contributed by atoms with E-state index >= 15 is 0 Å². The number of nitrogens with zero attached hydrogens (tertiary/aromatic N) is 1. The number of para-hydroxylation sites is 1. The summed E-state index contributed by atoms with van der Waals surface area (Å²) < 4.78 is 5.62. The average Bonchev–Trinajstić information content (AvgIpc) is 2.16. The normalized spacial score (nSPS) is 10.8. The molecule has 0 radical (unpaired) electrons. The SMILES string of the molecule is C[Si](C)(C)CCOc1ccccc1C#N. The summed E-state index contributed by atoms with van der Waals surface area (Å²) in [6.07, 6.45) is 0. The van der Waals surface area contributed by atoms with Crippen molar-refractivity contribution in [3.8, 4) is 11.8 Å². The van der Waals surface area contributed by atoms with Crippen molar-refractivity contribution < 1.29 is 4.74 Å². The highest BCUT2D eigenvalue weighted by molar-refractivity contribution is 6.76. The average molecular weight is 219 g/mol. The minimum atomic E-state index is -1.05. The molecule has 1 aromatic carbocycles. The van der Waals surface area contributed by atoms with Crippen LogP contribution in [0.1, 0.15) is 5.56 Å². The lowest BCUT2D eigenvalue weighted by Crippen LogP contribution is -2.22. The molecular weight excluding hydrogens is 202 g/mol. The molecule has 0 aromatic heterocycles. The van der Waals surface area contributed by atoms with Crippen LogP contribution in [0.4, 0.5) is 0 Å². The topological polar surface area (TPSA) is 33.0 Å². The minimum Gasteiger partial charge on any atom is -0.493 e. The monoisotopic (exact) mass is 219 g/mol. The molecule has 0 amide bonds. The number of hydrogen-bond donors (Lipinski definition) is 0. The van der Waals surface area contributed by atoms with Crippen molar-refractivity contribution in [1.82, 2.24) is 0 Å². The summed E-state index contributed by atoms with van der Waals surface area (Å²) in [4.78, 5) is 0. The summed E-state index contributed by atoms with van der Waals surface area (Å²) in [6, 6.07) is 10.6. The summed E-state index contributed by atoms with van der Waals surface area (Å²) in [6.45, 7) is 7.65. The van der Waals surface area contributed by atoms with Gasteiger partial charge in [0.2, 0.25) is 0 Å². The second-order valence-electron chi connectivity index (χ2n) is 4.77. The molecule has 0 bridgehead atoms. The molecule has 0 aliphatic rings. The second kappa shape index (κ2) is 4.99. The van der Waals surface area contributed by atoms with Gasteiger partial charge in [-0.25, -0.2) is 0 Å². The lowest BCUT2D eigenvalue weighted by molar-refractivity contribution is 0.337. The Morgan fingerprint density at radius 2 is 1.93 bits per heavy atom. The molecule has 0 saturated carbocycles. The Morgan fingerprint density at radius 3 is 2.53 bits per heavy atom. The van der Waals surface area contributed by atoms with E-state index in [0.717, 1.165) is 6.04 Å². The third kappa shape index (κ3) is 4.18. The van der Waals surface area contributed by atoms with Crippen LogP contribution < -0.4 is 4.74 Å². The van der Waals surface area contributed by atoms with Crippen LogP contribution in [0.15, 0.2) is 24.3 Å². The fourth-order valence-corrected chi connectivity index (χ4v) is 1.87. The Balaban J connectivity index is 2.55. The van der Waals surface area contributed by atoms with Crippen molar-refractivity contribution >= 4 is 8.07 Å². The Bertz CT molecular complexity index is 363. The zero-order chi connectivity index (χ0) is 11.3. The molecule has 0 spiro atoms. The summed E-state index contributed by atoms with van der Waals surface area (Å²) in [5, 5.41) is 8.86. The molecule has 1 aromatic rings. The van der Waals surface area contributed by atoms with E-state index in [-0.39, 0.29) is 0 Å². The molecule has 15 heavy (non-hydrogen) atoms. The zero-order valence-corrected chi connectivity index (χ0v) is 10.6. The highest BCUT2D eigenvalue weighted by atomic mass is 28.3. The van der Waals surface area contributed by atoms with Crippen LogP contribution in [0, 0.1) is 11.3 Å². The maximum Gasteiger partial charge on any atom is 0.137 e. The first-order valence-electron chi connectivity index (χ1n) is 5.15. The number of rotatable bonds is 4. The molecule has 0 unspecified atom stereocenters. The van der Waals surface area contributed by atoms with Gasteiger partial charge in [-0.05, 0) is 18.2 Å². The standard InChI is InChI=1S/C12H17NOSi/c1-15(2,3)9-8-14-12-7-5-4-6-11(12)10-13/h4-7H,8-9H2,1-3H3. The zero-order valence-electron chi connectivity index (χ0n) is 9.58. The van der Waals surface area contributed by atoms with Crippen molar-refractivity contribution in [2.24, 2.45) is 0 Å². The molecule has 0 saturated heterocycles. The highest BCUT2D eigenvalue weighted by Gasteiger charge is 2.13. The van der Waals surface area contributed by atoms with Gasteiger partial charge >= 0.3 is 0 Å². The van der Waals surface area contributed by atoms with Crippen LogP contribution in [0.2, 0.25) is 25.7 Å². The smallest absolute Gasteiger partial charge is 0.137 e. The summed E-state index contributed by atoms with van der Waals surface area (Å²) in [5.74, 6) is 0.707. The maximum atomic E-state index is 8.86. The summed E-state index contributed by atoms with van der Waals surface area (Å²) in [7, 11) is -1.05. The van der Waals surface area contributed by atoms with Gasteiger partial charge in [-0.1, -0.05) is 31.8 Å². The fraction of sp³-hybridized carbons (Fsp3) is 0.417. The van der Waals surface area contributed by atoms with Crippen LogP contribution in [-0.4, -0.2) is 14.7 Å². The van der Waals surface area contributed by atoms with E-state index in [9.17, 15) is 0 Å². The van der Waals surface area contributed by atoms with Gasteiger partial charge in [0.05, 0.1) is 12.2 Å². The number of hydrogen-bond acceptors (Lipinski definition) is 2. The molecule has 0 aliphatic heterocycles. The largest absolute Gasteiger partial charge is 0.493 e. The van der Waals surface area contributed by atoms with Gasteiger partial charge in [-0.15, -0.1) is 0 Å². The van der Waals surface area contributed by atoms with Crippen LogP contribution in [0.25, 0.3) is 0 Å². The van der Waals surface area contributed by atoms with E-state index in [1.807, 2.05) is 18.2 Å². The Hall–Kier alpha value is -1.27. The van der Waals surface area contributed by atoms with Crippen molar-refractivity contribution in [3.63, 3.8) is 0 Å². The number of nitriles is 1. The quantitative estimate of drug-likeness (QED) is 0.728. The van der Waals surface area contributed by atoms with E-state index < -0.39 is 8.07 Å². The molecule has 3 heteroatoms. The summed E-state index contributed by atoms with van der Waals surface area (Å²) in [5.41, 5.74) is 0.619. The molecule has 0 atom stereocenters. The van der Waals surface area contributed by atoms with Crippen molar-refractivity contribution in [2.45, 2.75) is 25.7 Å². The molecular formula is C12H17NOSi. The van der Waals surface area contributed by atoms with E-state index in [1.54, 1.807) is 6.07 Å². The lowest BCUT2D eigenvalue weighted by atomic mass is 10.2. The number of ether oxygens (including phenoxy) is 1. The van der Waals surface area contributed by atoms with E-state index in [2.05, 4.69) is 25.7 Å². The number of benzene rings is 1. The summed E-state index contributed by atoms with van der Waals surface area (Å²) >= 11 is 0. The molecule has 0 fully saturated rings. The molecule has 1 rings (SSSR count). The van der Waals surface area contributed by atoms with Crippen molar-refractivity contribution in [1.29, 1.82) is 5.26 Å². The molecule has 80 valence electrons. The molecule has 2 nitrogen and oxygen atoms in total. The van der Waals surface area contributed by atoms with Crippen molar-refractivity contribution in [2.75, 3.05) is 6.61 Å². The first kappa shape index (κ1) is 11.8. The van der Waals surface area contributed by atoms with E-state index in [0.29, 0.717) is 17.9 Å². The third-order valence-electron chi connectivity index (χ3n) is 2.12. The predicted molar refractivity (Wildman–Crippen MR) is 64.8 cm³/mol. The van der Waals surface area contributed by atoms with Crippen LogP contribution in [-0.2, 0) is 0 Å².